The van der Waals surface area contributed by atoms with Crippen molar-refractivity contribution < 1.29 is 4.74 Å². The third kappa shape index (κ3) is 3.49. The molecule has 4 heterocycles. The minimum absolute atomic E-state index is 0.0345. The summed E-state index contributed by atoms with van der Waals surface area (Å²) < 4.78 is 9.93. The fourth-order valence-corrected chi connectivity index (χ4v) is 5.00. The third-order valence-electron chi connectivity index (χ3n) is 6.85. The van der Waals surface area contributed by atoms with Gasteiger partial charge in [0.25, 0.3) is 5.56 Å². The number of anilines is 1. The molecule has 2 fully saturated rings. The molecule has 4 aromatic rings. The van der Waals surface area contributed by atoms with Crippen LogP contribution in [0.3, 0.4) is 0 Å². The van der Waals surface area contributed by atoms with Gasteiger partial charge in [0, 0.05) is 18.3 Å². The average molecular weight is 445 g/mol. The summed E-state index contributed by atoms with van der Waals surface area (Å²) in [6.07, 6.45) is 8.60. The van der Waals surface area contributed by atoms with Crippen molar-refractivity contribution >= 4 is 27.8 Å². The number of imidazole rings is 1. The van der Waals surface area contributed by atoms with E-state index in [1.54, 1.807) is 12.7 Å². The number of aromatic nitrogens is 5. The molecule has 1 aliphatic carbocycles. The maximum absolute atomic E-state index is 13.5. The van der Waals surface area contributed by atoms with E-state index >= 15 is 0 Å². The lowest BCUT2D eigenvalue weighted by Crippen LogP contribution is -2.26. The van der Waals surface area contributed by atoms with E-state index in [9.17, 15) is 4.79 Å². The first-order valence-corrected chi connectivity index (χ1v) is 11.8. The van der Waals surface area contributed by atoms with Crippen LogP contribution in [0.15, 0.2) is 41.7 Å². The molecule has 0 radical (unpaired) electrons. The van der Waals surface area contributed by atoms with E-state index in [0.29, 0.717) is 5.82 Å². The Morgan fingerprint density at radius 2 is 2.03 bits per heavy atom. The highest BCUT2D eigenvalue weighted by Gasteiger charge is 2.30. The molecule has 3 aromatic heterocycles. The Hall–Kier alpha value is -3.26. The largest absolute Gasteiger partial charge is 0.360 e. The summed E-state index contributed by atoms with van der Waals surface area (Å²) in [4.78, 5) is 27.1. The topological polar surface area (TPSA) is 86.9 Å². The van der Waals surface area contributed by atoms with Gasteiger partial charge in [0.2, 0.25) is 0 Å². The van der Waals surface area contributed by atoms with Gasteiger partial charge in [-0.2, -0.15) is 0 Å². The molecule has 1 unspecified atom stereocenters. The van der Waals surface area contributed by atoms with Gasteiger partial charge in [0.05, 0.1) is 17.8 Å². The van der Waals surface area contributed by atoms with Gasteiger partial charge in [-0.3, -0.25) is 9.36 Å². The molecular formula is C25H28N6O2. The van der Waals surface area contributed by atoms with Crippen LogP contribution in [0.1, 0.15) is 68.6 Å². The highest BCUT2D eigenvalue weighted by Crippen LogP contribution is 2.37. The van der Waals surface area contributed by atoms with Crippen LogP contribution in [0.25, 0.3) is 21.9 Å². The molecule has 170 valence electrons. The normalized spacial score (nSPS) is 19.8. The first-order valence-electron chi connectivity index (χ1n) is 11.8. The molecule has 8 nitrogen and oxygen atoms in total. The zero-order chi connectivity index (χ0) is 22.5. The van der Waals surface area contributed by atoms with Crippen LogP contribution in [-0.2, 0) is 4.74 Å². The quantitative estimate of drug-likeness (QED) is 0.482. The van der Waals surface area contributed by atoms with Crippen molar-refractivity contribution in [2.24, 2.45) is 0 Å². The van der Waals surface area contributed by atoms with Crippen molar-refractivity contribution in [1.29, 1.82) is 0 Å². The Kier molecular flexibility index (Phi) is 4.90. The molecule has 8 heteroatoms. The van der Waals surface area contributed by atoms with Gasteiger partial charge < -0.3 is 14.6 Å². The Bertz CT molecular complexity index is 1400. The van der Waals surface area contributed by atoms with E-state index < -0.39 is 0 Å². The van der Waals surface area contributed by atoms with Crippen molar-refractivity contribution in [2.45, 2.75) is 64.3 Å². The van der Waals surface area contributed by atoms with Gasteiger partial charge in [0.15, 0.2) is 17.0 Å². The van der Waals surface area contributed by atoms with Gasteiger partial charge in [-0.25, -0.2) is 15.0 Å². The third-order valence-corrected chi connectivity index (χ3v) is 6.85. The summed E-state index contributed by atoms with van der Waals surface area (Å²) in [5.41, 5.74) is 3.58. The molecule has 1 aromatic carbocycles. The van der Waals surface area contributed by atoms with Crippen LogP contribution in [0.4, 0.5) is 5.82 Å². The molecule has 1 aliphatic heterocycles. The van der Waals surface area contributed by atoms with Gasteiger partial charge in [-0.1, -0.05) is 18.2 Å². The van der Waals surface area contributed by atoms with Crippen LogP contribution in [0, 0.1) is 6.92 Å². The molecule has 0 amide bonds. The fraction of sp³-hybridized carbons (Fsp3) is 0.440. The van der Waals surface area contributed by atoms with E-state index in [0.717, 1.165) is 71.9 Å². The van der Waals surface area contributed by atoms with E-state index in [1.807, 2.05) is 34.3 Å². The minimum atomic E-state index is -0.127. The van der Waals surface area contributed by atoms with E-state index in [2.05, 4.69) is 33.3 Å². The predicted octanol–water partition coefficient (Wildman–Crippen LogP) is 4.66. The average Bonchev–Trinajstić information content (AvgIpc) is 3.57. The highest BCUT2D eigenvalue weighted by atomic mass is 16.5. The molecule has 0 bridgehead atoms. The van der Waals surface area contributed by atoms with Crippen LogP contribution >= 0.6 is 0 Å². The Morgan fingerprint density at radius 3 is 2.82 bits per heavy atom. The fourth-order valence-electron chi connectivity index (χ4n) is 5.00. The summed E-state index contributed by atoms with van der Waals surface area (Å²) in [7, 11) is 0. The maximum Gasteiger partial charge on any atom is 0.259 e. The lowest BCUT2D eigenvalue weighted by Gasteiger charge is -2.24. The van der Waals surface area contributed by atoms with E-state index in [4.69, 9.17) is 4.74 Å². The lowest BCUT2D eigenvalue weighted by atomic mass is 10.0. The van der Waals surface area contributed by atoms with Crippen molar-refractivity contribution in [3.05, 3.63) is 58.5 Å². The summed E-state index contributed by atoms with van der Waals surface area (Å²) in [6, 6.07) is 8.32. The Labute approximate surface area is 191 Å². The second-order valence-electron chi connectivity index (χ2n) is 9.25. The zero-order valence-electron chi connectivity index (χ0n) is 19.0. The lowest BCUT2D eigenvalue weighted by molar-refractivity contribution is -0.0298. The second-order valence-corrected chi connectivity index (χ2v) is 9.25. The van der Waals surface area contributed by atoms with Crippen molar-refractivity contribution in [1.82, 2.24) is 24.1 Å². The summed E-state index contributed by atoms with van der Waals surface area (Å²) >= 11 is 0. The zero-order valence-corrected chi connectivity index (χ0v) is 19.0. The van der Waals surface area contributed by atoms with Crippen LogP contribution in [0.5, 0.6) is 0 Å². The number of pyridine rings is 1. The number of hydrogen-bond donors (Lipinski definition) is 1. The maximum atomic E-state index is 13.5. The van der Waals surface area contributed by atoms with E-state index in [1.165, 1.54) is 0 Å². The first-order chi connectivity index (χ1) is 16.1. The SMILES string of the molecule is Cc1cccc2cc(C(C)Nc3ncnc4c3ncn4[C@@H]3CCCCO3)n(C3CC3)c(=O)c12. The number of benzene rings is 1. The summed E-state index contributed by atoms with van der Waals surface area (Å²) in [5.74, 6) is 0.668. The number of nitrogens with zero attached hydrogens (tertiary/aromatic N) is 5. The smallest absolute Gasteiger partial charge is 0.259 e. The number of ether oxygens (including phenoxy) is 1. The molecule has 0 spiro atoms. The first kappa shape index (κ1) is 20.4. The minimum Gasteiger partial charge on any atom is -0.360 e. The number of rotatable bonds is 5. The van der Waals surface area contributed by atoms with Crippen molar-refractivity contribution in [3.63, 3.8) is 0 Å². The molecule has 1 saturated carbocycles. The van der Waals surface area contributed by atoms with Crippen molar-refractivity contribution in [3.8, 4) is 0 Å². The molecule has 2 atom stereocenters. The Balaban J connectivity index is 1.39. The molecular weight excluding hydrogens is 416 g/mol. The molecule has 33 heavy (non-hydrogen) atoms. The van der Waals surface area contributed by atoms with Gasteiger partial charge in [-0.15, -0.1) is 0 Å². The van der Waals surface area contributed by atoms with Gasteiger partial charge in [0.1, 0.15) is 12.6 Å². The van der Waals surface area contributed by atoms with Crippen LogP contribution in [0.2, 0.25) is 0 Å². The molecule has 1 saturated heterocycles. The van der Waals surface area contributed by atoms with E-state index in [-0.39, 0.29) is 23.9 Å². The predicted molar refractivity (Wildman–Crippen MR) is 127 cm³/mol. The Morgan fingerprint density at radius 1 is 1.15 bits per heavy atom. The monoisotopic (exact) mass is 444 g/mol. The summed E-state index contributed by atoms with van der Waals surface area (Å²) in [5, 5.41) is 5.31. The van der Waals surface area contributed by atoms with Crippen molar-refractivity contribution in [2.75, 3.05) is 11.9 Å². The number of hydrogen-bond acceptors (Lipinski definition) is 6. The molecule has 6 rings (SSSR count). The van der Waals surface area contributed by atoms with Crippen LogP contribution in [-0.4, -0.2) is 30.7 Å². The number of aryl methyl sites for hydroxylation is 1. The highest BCUT2D eigenvalue weighted by molar-refractivity contribution is 5.86. The molecule has 2 aliphatic rings. The number of fused-ring (bicyclic) bond motifs is 2. The van der Waals surface area contributed by atoms with Gasteiger partial charge in [-0.05, 0) is 63.0 Å². The van der Waals surface area contributed by atoms with Crippen LogP contribution < -0.4 is 10.9 Å². The number of nitrogens with one attached hydrogen (secondary N) is 1. The standard InChI is InChI=1S/C25H28N6O2/c1-15-6-5-7-17-12-19(31(18-9-10-18)25(32)21(15)17)16(2)29-23-22-24(27-13-26-23)30(14-28-22)20-8-3-4-11-33-20/h5-7,12-14,16,18,20H,3-4,8-11H2,1-2H3,(H,26,27,29)/t16?,20-/m0/s1. The second kappa shape index (κ2) is 7.95. The summed E-state index contributed by atoms with van der Waals surface area (Å²) in [6.45, 7) is 4.84. The van der Waals surface area contributed by atoms with Gasteiger partial charge >= 0.3 is 0 Å². The molecule has 1 N–H and O–H groups in total.